The minimum atomic E-state index is -0.878. The lowest BCUT2D eigenvalue weighted by Gasteiger charge is -2.08. The monoisotopic (exact) mass is 236 g/mol. The van der Waals surface area contributed by atoms with E-state index in [1.807, 2.05) is 49.4 Å². The van der Waals surface area contributed by atoms with Crippen LogP contribution in [0, 0.1) is 6.92 Å². The summed E-state index contributed by atoms with van der Waals surface area (Å²) < 4.78 is 0. The van der Waals surface area contributed by atoms with E-state index < -0.39 is 5.97 Å². The van der Waals surface area contributed by atoms with Crippen LogP contribution >= 0.6 is 0 Å². The number of hydrogen-bond acceptors (Lipinski definition) is 1. The van der Waals surface area contributed by atoms with Gasteiger partial charge in [-0.1, -0.05) is 48.0 Å². The number of carbonyl (C=O) groups is 1. The first-order valence-corrected chi connectivity index (χ1v) is 5.82. The largest absolute Gasteiger partial charge is 0.478 e. The first-order chi connectivity index (χ1) is 8.66. The Morgan fingerprint density at radius 1 is 0.944 bits per heavy atom. The highest BCUT2D eigenvalue weighted by Gasteiger charge is 2.11. The summed E-state index contributed by atoms with van der Waals surface area (Å²) in [6.07, 6.45) is 0. The van der Waals surface area contributed by atoms with Gasteiger partial charge < -0.3 is 5.11 Å². The van der Waals surface area contributed by atoms with Crippen molar-refractivity contribution in [2.75, 3.05) is 0 Å². The van der Waals surface area contributed by atoms with Crippen LogP contribution in [0.1, 0.15) is 15.9 Å². The molecule has 0 unspecified atom stereocenters. The van der Waals surface area contributed by atoms with Crippen LogP contribution in [0.15, 0.2) is 48.5 Å². The van der Waals surface area contributed by atoms with Gasteiger partial charge in [0.15, 0.2) is 0 Å². The van der Waals surface area contributed by atoms with Crippen LogP contribution in [0.4, 0.5) is 0 Å². The maximum atomic E-state index is 11.4. The van der Waals surface area contributed by atoms with Crippen LogP contribution in [0.25, 0.3) is 21.5 Å². The summed E-state index contributed by atoms with van der Waals surface area (Å²) in [4.78, 5) is 11.4. The van der Waals surface area contributed by atoms with Gasteiger partial charge in [-0.05, 0) is 34.5 Å². The van der Waals surface area contributed by atoms with Gasteiger partial charge in [0, 0.05) is 0 Å². The average Bonchev–Trinajstić information content (AvgIpc) is 2.37. The molecule has 0 saturated heterocycles. The zero-order valence-electron chi connectivity index (χ0n) is 9.97. The molecule has 3 aromatic rings. The Balaban J connectivity index is 2.58. The molecule has 0 saturated carbocycles. The summed E-state index contributed by atoms with van der Waals surface area (Å²) in [6.45, 7) is 1.97. The summed E-state index contributed by atoms with van der Waals surface area (Å²) in [5.74, 6) is -0.878. The second-order valence-electron chi connectivity index (χ2n) is 4.50. The van der Waals surface area contributed by atoms with Crippen molar-refractivity contribution in [3.05, 3.63) is 59.7 Å². The predicted molar refractivity (Wildman–Crippen MR) is 73.2 cm³/mol. The molecule has 0 atom stereocenters. The molecule has 0 aromatic heterocycles. The quantitative estimate of drug-likeness (QED) is 0.648. The van der Waals surface area contributed by atoms with E-state index in [4.69, 9.17) is 0 Å². The summed E-state index contributed by atoms with van der Waals surface area (Å²) in [6, 6.07) is 15.6. The molecule has 0 aliphatic rings. The van der Waals surface area contributed by atoms with E-state index >= 15 is 0 Å². The van der Waals surface area contributed by atoms with Crippen molar-refractivity contribution in [3.8, 4) is 0 Å². The first-order valence-electron chi connectivity index (χ1n) is 5.82. The fourth-order valence-electron chi connectivity index (χ4n) is 2.39. The van der Waals surface area contributed by atoms with Crippen LogP contribution in [0.5, 0.6) is 0 Å². The lowest BCUT2D eigenvalue weighted by atomic mass is 9.96. The third-order valence-electron chi connectivity index (χ3n) is 3.25. The second kappa shape index (κ2) is 3.84. The van der Waals surface area contributed by atoms with Gasteiger partial charge in [0.05, 0.1) is 5.56 Å². The number of rotatable bonds is 1. The maximum absolute atomic E-state index is 11.4. The molecule has 1 N–H and O–H groups in total. The van der Waals surface area contributed by atoms with Crippen LogP contribution in [-0.4, -0.2) is 11.1 Å². The topological polar surface area (TPSA) is 37.3 Å². The fraction of sp³-hybridized carbons (Fsp3) is 0.0625. The molecule has 3 aromatic carbocycles. The molecular weight excluding hydrogens is 224 g/mol. The van der Waals surface area contributed by atoms with Gasteiger partial charge >= 0.3 is 5.97 Å². The summed E-state index contributed by atoms with van der Waals surface area (Å²) >= 11 is 0. The highest BCUT2D eigenvalue weighted by atomic mass is 16.4. The van der Waals surface area contributed by atoms with Crippen molar-refractivity contribution in [1.29, 1.82) is 0 Å². The molecule has 0 aliphatic carbocycles. The number of aromatic carboxylic acids is 1. The Bertz CT molecular complexity index is 772. The molecule has 0 spiro atoms. The maximum Gasteiger partial charge on any atom is 0.336 e. The smallest absolute Gasteiger partial charge is 0.336 e. The molecule has 0 aliphatic heterocycles. The average molecular weight is 236 g/mol. The third-order valence-corrected chi connectivity index (χ3v) is 3.25. The van der Waals surface area contributed by atoms with E-state index in [0.29, 0.717) is 5.56 Å². The number of hydrogen-bond donors (Lipinski definition) is 1. The van der Waals surface area contributed by atoms with E-state index in [0.717, 1.165) is 27.1 Å². The van der Waals surface area contributed by atoms with Gasteiger partial charge in [-0.25, -0.2) is 4.79 Å². The summed E-state index contributed by atoms with van der Waals surface area (Å²) in [5, 5.41) is 13.2. The van der Waals surface area contributed by atoms with E-state index in [9.17, 15) is 9.90 Å². The van der Waals surface area contributed by atoms with E-state index in [2.05, 4.69) is 0 Å². The van der Waals surface area contributed by atoms with Crippen molar-refractivity contribution >= 4 is 27.5 Å². The molecule has 0 heterocycles. The summed E-state index contributed by atoms with van der Waals surface area (Å²) in [7, 11) is 0. The molecular formula is C16H12O2. The van der Waals surface area contributed by atoms with Gasteiger partial charge in [0.1, 0.15) is 0 Å². The van der Waals surface area contributed by atoms with Crippen molar-refractivity contribution in [1.82, 2.24) is 0 Å². The molecule has 3 rings (SSSR count). The normalized spacial score (nSPS) is 10.9. The lowest BCUT2D eigenvalue weighted by molar-refractivity contribution is 0.0699. The van der Waals surface area contributed by atoms with Crippen LogP contribution in [0.2, 0.25) is 0 Å². The van der Waals surface area contributed by atoms with E-state index in [-0.39, 0.29) is 0 Å². The van der Waals surface area contributed by atoms with Gasteiger partial charge in [0.2, 0.25) is 0 Å². The molecule has 0 amide bonds. The Hall–Kier alpha value is -2.35. The van der Waals surface area contributed by atoms with E-state index in [1.165, 1.54) is 0 Å². The SMILES string of the molecule is Cc1ccc2c(c1)c(C(=O)O)cc1ccccc12. The molecule has 2 nitrogen and oxygen atoms in total. The number of benzene rings is 3. The standard InChI is InChI=1S/C16H12O2/c1-10-6-7-13-12-5-3-2-4-11(12)9-15(16(17)18)14(13)8-10/h2-9H,1H3,(H,17,18). The molecule has 0 fully saturated rings. The second-order valence-corrected chi connectivity index (χ2v) is 4.50. The van der Waals surface area contributed by atoms with Crippen LogP contribution < -0.4 is 0 Å². The number of aryl methyl sites for hydroxylation is 1. The molecule has 88 valence electrons. The summed E-state index contributed by atoms with van der Waals surface area (Å²) in [5.41, 5.74) is 1.44. The van der Waals surface area contributed by atoms with Crippen molar-refractivity contribution in [2.24, 2.45) is 0 Å². The third kappa shape index (κ3) is 1.54. The number of fused-ring (bicyclic) bond motifs is 3. The zero-order chi connectivity index (χ0) is 12.7. The zero-order valence-corrected chi connectivity index (χ0v) is 9.97. The van der Waals surface area contributed by atoms with E-state index in [1.54, 1.807) is 6.07 Å². The Kier molecular flexibility index (Phi) is 2.30. The highest BCUT2D eigenvalue weighted by molar-refractivity contribution is 6.15. The lowest BCUT2D eigenvalue weighted by Crippen LogP contribution is -1.98. The molecule has 2 heteroatoms. The highest BCUT2D eigenvalue weighted by Crippen LogP contribution is 2.29. The fourth-order valence-corrected chi connectivity index (χ4v) is 2.39. The van der Waals surface area contributed by atoms with Gasteiger partial charge in [-0.3, -0.25) is 0 Å². The van der Waals surface area contributed by atoms with Gasteiger partial charge in [0.25, 0.3) is 0 Å². The van der Waals surface area contributed by atoms with Gasteiger partial charge in [-0.15, -0.1) is 0 Å². The van der Waals surface area contributed by atoms with Crippen molar-refractivity contribution in [2.45, 2.75) is 6.92 Å². The van der Waals surface area contributed by atoms with Crippen LogP contribution in [0.3, 0.4) is 0 Å². The minimum absolute atomic E-state index is 0.368. The van der Waals surface area contributed by atoms with Crippen molar-refractivity contribution in [3.63, 3.8) is 0 Å². The number of carboxylic acids is 1. The Labute approximate surface area is 104 Å². The molecule has 18 heavy (non-hydrogen) atoms. The Morgan fingerprint density at radius 2 is 1.72 bits per heavy atom. The molecule has 0 bridgehead atoms. The Morgan fingerprint density at radius 3 is 2.50 bits per heavy atom. The number of carboxylic acid groups (broad SMARTS) is 1. The minimum Gasteiger partial charge on any atom is -0.478 e. The first kappa shape index (κ1) is 10.8. The van der Waals surface area contributed by atoms with Gasteiger partial charge in [-0.2, -0.15) is 0 Å². The van der Waals surface area contributed by atoms with Crippen LogP contribution in [-0.2, 0) is 0 Å². The predicted octanol–water partition coefficient (Wildman–Crippen LogP) is 4.00. The van der Waals surface area contributed by atoms with Crippen molar-refractivity contribution < 1.29 is 9.90 Å². The molecule has 0 radical (unpaired) electrons.